The third-order valence-corrected chi connectivity index (χ3v) is 4.70. The van der Waals surface area contributed by atoms with E-state index in [1.54, 1.807) is 0 Å². The summed E-state index contributed by atoms with van der Waals surface area (Å²) < 4.78 is 1.10. The van der Waals surface area contributed by atoms with E-state index in [1.165, 1.54) is 18.4 Å². The highest BCUT2D eigenvalue weighted by Crippen LogP contribution is 2.24. The first-order valence-corrected chi connectivity index (χ1v) is 7.27. The van der Waals surface area contributed by atoms with Crippen LogP contribution in [0.25, 0.3) is 0 Å². The Morgan fingerprint density at radius 2 is 2.06 bits per heavy atom. The van der Waals surface area contributed by atoms with E-state index in [9.17, 15) is 4.79 Å². The van der Waals surface area contributed by atoms with E-state index < -0.39 is 0 Å². The number of rotatable bonds is 2. The van der Waals surface area contributed by atoms with Crippen molar-refractivity contribution >= 4 is 28.4 Å². The lowest BCUT2D eigenvalue weighted by molar-refractivity contribution is 0.102. The molecule has 0 unspecified atom stereocenters. The summed E-state index contributed by atoms with van der Waals surface area (Å²) in [5.74, 6) is 0.236. The molecular weight excluding hydrogens is 323 g/mol. The van der Waals surface area contributed by atoms with Crippen LogP contribution in [0, 0.1) is 10.5 Å². The molecule has 0 spiro atoms. The van der Waals surface area contributed by atoms with Gasteiger partial charge in [-0.2, -0.15) is 0 Å². The van der Waals surface area contributed by atoms with Gasteiger partial charge in [0.25, 0.3) is 0 Å². The van der Waals surface area contributed by atoms with Gasteiger partial charge in [0.05, 0.1) is 0 Å². The minimum absolute atomic E-state index is 0.236. The van der Waals surface area contributed by atoms with E-state index in [0.29, 0.717) is 0 Å². The largest absolute Gasteiger partial charge is 0.289 e. The standard InChI is InChI=1S/C15H17IO/c1-11-7-6-10-13(14(11)16)15(17)12-8-4-2-3-5-9-12/h6-8,10H,2-5,9H2,1H3. The maximum Gasteiger partial charge on any atom is 0.189 e. The molecule has 1 aromatic carbocycles. The van der Waals surface area contributed by atoms with Crippen LogP contribution < -0.4 is 0 Å². The predicted octanol–water partition coefficient (Wildman–Crippen LogP) is 4.67. The molecule has 2 rings (SSSR count). The molecule has 1 aliphatic carbocycles. The Bertz CT molecular complexity index is 460. The van der Waals surface area contributed by atoms with Crippen molar-refractivity contribution in [3.63, 3.8) is 0 Å². The fourth-order valence-electron chi connectivity index (χ4n) is 2.22. The van der Waals surface area contributed by atoms with Crippen LogP contribution in [0.1, 0.15) is 48.0 Å². The maximum absolute atomic E-state index is 12.5. The summed E-state index contributed by atoms with van der Waals surface area (Å²) in [6, 6.07) is 5.98. The highest BCUT2D eigenvalue weighted by atomic mass is 127. The van der Waals surface area contributed by atoms with Crippen LogP contribution in [-0.4, -0.2) is 5.78 Å². The van der Waals surface area contributed by atoms with Gasteiger partial charge in [0.2, 0.25) is 0 Å². The van der Waals surface area contributed by atoms with E-state index in [-0.39, 0.29) is 5.78 Å². The lowest BCUT2D eigenvalue weighted by Gasteiger charge is -2.08. The molecule has 0 saturated carbocycles. The summed E-state index contributed by atoms with van der Waals surface area (Å²) in [5, 5.41) is 0. The van der Waals surface area contributed by atoms with Crippen LogP contribution in [-0.2, 0) is 0 Å². The highest BCUT2D eigenvalue weighted by molar-refractivity contribution is 14.1. The van der Waals surface area contributed by atoms with Crippen molar-refractivity contribution in [3.05, 3.63) is 44.5 Å². The second kappa shape index (κ2) is 5.80. The molecule has 1 aliphatic rings. The average Bonchev–Trinajstić information content (AvgIpc) is 2.60. The zero-order chi connectivity index (χ0) is 12.3. The quantitative estimate of drug-likeness (QED) is 0.565. The summed E-state index contributed by atoms with van der Waals surface area (Å²) in [6.45, 7) is 2.06. The molecule has 0 saturated heterocycles. The van der Waals surface area contributed by atoms with Gasteiger partial charge >= 0.3 is 0 Å². The number of halogens is 1. The topological polar surface area (TPSA) is 17.1 Å². The van der Waals surface area contributed by atoms with Crippen molar-refractivity contribution in [3.8, 4) is 0 Å². The van der Waals surface area contributed by atoms with Crippen molar-refractivity contribution < 1.29 is 4.79 Å². The van der Waals surface area contributed by atoms with Gasteiger partial charge in [-0.25, -0.2) is 0 Å². The van der Waals surface area contributed by atoms with E-state index >= 15 is 0 Å². The first kappa shape index (κ1) is 12.8. The summed E-state index contributed by atoms with van der Waals surface area (Å²) in [5.41, 5.74) is 3.08. The van der Waals surface area contributed by atoms with E-state index in [2.05, 4.69) is 41.7 Å². The van der Waals surface area contributed by atoms with E-state index in [0.717, 1.165) is 34.0 Å². The van der Waals surface area contributed by atoms with Crippen LogP contribution in [0.15, 0.2) is 29.8 Å². The second-order valence-electron chi connectivity index (χ2n) is 4.59. The third-order valence-electron chi connectivity index (χ3n) is 3.27. The first-order valence-electron chi connectivity index (χ1n) is 6.19. The molecule has 17 heavy (non-hydrogen) atoms. The Balaban J connectivity index is 2.30. The van der Waals surface area contributed by atoms with Gasteiger partial charge in [0.15, 0.2) is 5.78 Å². The molecule has 0 radical (unpaired) electrons. The van der Waals surface area contributed by atoms with Gasteiger partial charge < -0.3 is 0 Å². The number of allylic oxidation sites excluding steroid dienone is 2. The molecule has 0 atom stereocenters. The molecule has 1 aromatic rings. The number of Topliss-reactive ketones (excluding diaryl/α,β-unsaturated/α-hetero) is 1. The first-order chi connectivity index (χ1) is 8.20. The van der Waals surface area contributed by atoms with Crippen molar-refractivity contribution in [2.24, 2.45) is 0 Å². The number of carbonyl (C=O) groups is 1. The van der Waals surface area contributed by atoms with Crippen LogP contribution in [0.4, 0.5) is 0 Å². The summed E-state index contributed by atoms with van der Waals surface area (Å²) in [7, 11) is 0. The number of carbonyl (C=O) groups excluding carboxylic acids is 1. The van der Waals surface area contributed by atoms with Gasteiger partial charge in [-0.1, -0.05) is 24.6 Å². The Kier molecular flexibility index (Phi) is 4.37. The van der Waals surface area contributed by atoms with Gasteiger partial charge in [-0.3, -0.25) is 4.79 Å². The maximum atomic E-state index is 12.5. The van der Waals surface area contributed by atoms with Gasteiger partial charge in [0, 0.05) is 9.13 Å². The van der Waals surface area contributed by atoms with Crippen molar-refractivity contribution in [1.82, 2.24) is 0 Å². The normalized spacial score (nSPS) is 16.2. The summed E-state index contributed by atoms with van der Waals surface area (Å²) in [4.78, 5) is 12.5. The zero-order valence-electron chi connectivity index (χ0n) is 10.1. The lowest BCUT2D eigenvalue weighted by atomic mass is 9.98. The van der Waals surface area contributed by atoms with Crippen molar-refractivity contribution in [2.75, 3.05) is 0 Å². The average molecular weight is 340 g/mol. The van der Waals surface area contributed by atoms with E-state index in [4.69, 9.17) is 0 Å². The fraction of sp³-hybridized carbons (Fsp3) is 0.400. The van der Waals surface area contributed by atoms with Gasteiger partial charge in [-0.15, -0.1) is 0 Å². The SMILES string of the molecule is Cc1cccc(C(=O)C2=CCCCCC2)c1I. The van der Waals surface area contributed by atoms with Crippen molar-refractivity contribution in [1.29, 1.82) is 0 Å². The number of hydrogen-bond donors (Lipinski definition) is 0. The van der Waals surface area contributed by atoms with Crippen LogP contribution in [0.2, 0.25) is 0 Å². The molecule has 0 aliphatic heterocycles. The fourth-order valence-corrected chi connectivity index (χ4v) is 2.82. The molecular formula is C15H17IO. The molecule has 90 valence electrons. The Labute approximate surface area is 116 Å². The number of ketones is 1. The Morgan fingerprint density at radius 3 is 2.88 bits per heavy atom. The monoisotopic (exact) mass is 340 g/mol. The number of aryl methyl sites for hydroxylation is 1. The molecule has 0 amide bonds. The Hall–Kier alpha value is -0.640. The minimum atomic E-state index is 0.236. The molecule has 1 nitrogen and oxygen atoms in total. The molecule has 0 aromatic heterocycles. The lowest BCUT2D eigenvalue weighted by Crippen LogP contribution is -2.06. The minimum Gasteiger partial charge on any atom is -0.289 e. The van der Waals surface area contributed by atoms with Crippen molar-refractivity contribution in [2.45, 2.75) is 39.0 Å². The molecule has 2 heteroatoms. The van der Waals surface area contributed by atoms with Crippen LogP contribution in [0.5, 0.6) is 0 Å². The zero-order valence-corrected chi connectivity index (χ0v) is 12.3. The van der Waals surface area contributed by atoms with Gasteiger partial charge in [0.1, 0.15) is 0 Å². The summed E-state index contributed by atoms with van der Waals surface area (Å²) in [6.07, 6.45) is 7.78. The van der Waals surface area contributed by atoms with E-state index in [1.807, 2.05) is 12.1 Å². The highest BCUT2D eigenvalue weighted by Gasteiger charge is 2.16. The Morgan fingerprint density at radius 1 is 1.24 bits per heavy atom. The molecule has 0 N–H and O–H groups in total. The molecule has 0 fully saturated rings. The van der Waals surface area contributed by atoms with Crippen LogP contribution in [0.3, 0.4) is 0 Å². The number of hydrogen-bond acceptors (Lipinski definition) is 1. The summed E-state index contributed by atoms with van der Waals surface area (Å²) >= 11 is 2.28. The number of benzene rings is 1. The molecule has 0 heterocycles. The van der Waals surface area contributed by atoms with Crippen LogP contribution >= 0.6 is 22.6 Å². The second-order valence-corrected chi connectivity index (χ2v) is 5.67. The third kappa shape index (κ3) is 2.97. The molecule has 0 bridgehead atoms. The smallest absolute Gasteiger partial charge is 0.189 e. The predicted molar refractivity (Wildman–Crippen MR) is 79.4 cm³/mol. The van der Waals surface area contributed by atoms with Gasteiger partial charge in [-0.05, 0) is 72.4 Å².